The second kappa shape index (κ2) is 5.13. The Kier molecular flexibility index (Phi) is 4.35. The van der Waals surface area contributed by atoms with E-state index in [1.807, 2.05) is 32.9 Å². The third kappa shape index (κ3) is 2.82. The molecule has 0 bridgehead atoms. The smallest absolute Gasteiger partial charge is 0.0880 e. The van der Waals surface area contributed by atoms with Gasteiger partial charge in [0.15, 0.2) is 0 Å². The molecule has 15 heavy (non-hydrogen) atoms. The first-order valence-corrected chi connectivity index (χ1v) is 6.05. The molecule has 88 valence electrons. The molecule has 1 rings (SSSR count). The van der Waals surface area contributed by atoms with Crippen LogP contribution >= 0.6 is 0 Å². The standard InChI is InChI=1S/C13H24O2/c1-4-8-13(15)9-6-5-7-11(13)12(14)10(2)3/h4,8,10-12,14-15H,5-7,9H2,1-3H3/b8-4+/t11-,12+,13+/m1/s1. The van der Waals surface area contributed by atoms with Crippen LogP contribution in [0.4, 0.5) is 0 Å². The molecule has 0 aliphatic heterocycles. The third-order valence-electron chi connectivity index (χ3n) is 3.54. The molecule has 0 aromatic carbocycles. The quantitative estimate of drug-likeness (QED) is 0.706. The summed E-state index contributed by atoms with van der Waals surface area (Å²) in [6.45, 7) is 5.94. The Morgan fingerprint density at radius 2 is 2.00 bits per heavy atom. The van der Waals surface area contributed by atoms with E-state index in [9.17, 15) is 10.2 Å². The molecule has 0 aromatic rings. The Morgan fingerprint density at radius 1 is 1.33 bits per heavy atom. The molecule has 0 heterocycles. The average Bonchev–Trinajstić information content (AvgIpc) is 2.17. The van der Waals surface area contributed by atoms with Gasteiger partial charge in [-0.1, -0.05) is 38.8 Å². The summed E-state index contributed by atoms with van der Waals surface area (Å²) >= 11 is 0. The molecule has 0 unspecified atom stereocenters. The first-order chi connectivity index (χ1) is 7.01. The van der Waals surface area contributed by atoms with E-state index in [4.69, 9.17) is 0 Å². The second-order valence-corrected chi connectivity index (χ2v) is 5.08. The molecular weight excluding hydrogens is 188 g/mol. The van der Waals surface area contributed by atoms with Crippen LogP contribution in [0.15, 0.2) is 12.2 Å². The minimum atomic E-state index is -0.781. The van der Waals surface area contributed by atoms with Gasteiger partial charge in [-0.2, -0.15) is 0 Å². The molecular formula is C13H24O2. The van der Waals surface area contributed by atoms with Gasteiger partial charge in [-0.05, 0) is 25.7 Å². The maximum Gasteiger partial charge on any atom is 0.0880 e. The van der Waals surface area contributed by atoms with E-state index in [0.717, 1.165) is 25.7 Å². The van der Waals surface area contributed by atoms with Crippen LogP contribution in [-0.2, 0) is 0 Å². The zero-order valence-corrected chi connectivity index (χ0v) is 10.1. The Balaban J connectivity index is 2.82. The van der Waals surface area contributed by atoms with Gasteiger partial charge in [0.25, 0.3) is 0 Å². The van der Waals surface area contributed by atoms with Crippen molar-refractivity contribution in [3.05, 3.63) is 12.2 Å². The molecule has 0 saturated heterocycles. The highest BCUT2D eigenvalue weighted by Gasteiger charge is 2.41. The molecule has 3 atom stereocenters. The SMILES string of the molecule is C/C=C/[C@]1(O)CCCC[C@@H]1[C@@H](O)C(C)C. The zero-order chi connectivity index (χ0) is 11.5. The second-order valence-electron chi connectivity index (χ2n) is 5.08. The van der Waals surface area contributed by atoms with Crippen molar-refractivity contribution < 1.29 is 10.2 Å². The monoisotopic (exact) mass is 212 g/mol. The lowest BCUT2D eigenvalue weighted by Crippen LogP contribution is -2.46. The van der Waals surface area contributed by atoms with Gasteiger partial charge >= 0.3 is 0 Å². The Labute approximate surface area is 93.0 Å². The lowest BCUT2D eigenvalue weighted by molar-refractivity contribution is -0.0777. The third-order valence-corrected chi connectivity index (χ3v) is 3.54. The predicted octanol–water partition coefficient (Wildman–Crippen LogP) is 2.50. The lowest BCUT2D eigenvalue weighted by atomic mass is 9.70. The molecule has 1 saturated carbocycles. The maximum absolute atomic E-state index is 10.5. The van der Waals surface area contributed by atoms with E-state index in [1.165, 1.54) is 0 Å². The molecule has 0 radical (unpaired) electrons. The molecule has 1 aliphatic rings. The summed E-state index contributed by atoms with van der Waals surface area (Å²) in [6.07, 6.45) is 7.25. The van der Waals surface area contributed by atoms with Crippen LogP contribution in [0.1, 0.15) is 46.5 Å². The van der Waals surface area contributed by atoms with Crippen molar-refractivity contribution in [2.24, 2.45) is 11.8 Å². The van der Waals surface area contributed by atoms with Gasteiger partial charge in [0.05, 0.1) is 11.7 Å². The van der Waals surface area contributed by atoms with Crippen LogP contribution in [0.25, 0.3) is 0 Å². The number of allylic oxidation sites excluding steroid dienone is 1. The van der Waals surface area contributed by atoms with Crippen molar-refractivity contribution in [1.82, 2.24) is 0 Å². The average molecular weight is 212 g/mol. The van der Waals surface area contributed by atoms with E-state index in [-0.39, 0.29) is 11.8 Å². The highest BCUT2D eigenvalue weighted by Crippen LogP contribution is 2.38. The van der Waals surface area contributed by atoms with Crippen LogP contribution in [0.3, 0.4) is 0 Å². The first kappa shape index (κ1) is 12.7. The van der Waals surface area contributed by atoms with E-state index in [2.05, 4.69) is 0 Å². The van der Waals surface area contributed by atoms with E-state index in [0.29, 0.717) is 0 Å². The van der Waals surface area contributed by atoms with Gasteiger partial charge < -0.3 is 10.2 Å². The number of hydrogen-bond acceptors (Lipinski definition) is 2. The van der Waals surface area contributed by atoms with Gasteiger partial charge in [-0.15, -0.1) is 0 Å². The first-order valence-electron chi connectivity index (χ1n) is 6.05. The predicted molar refractivity (Wildman–Crippen MR) is 62.6 cm³/mol. The van der Waals surface area contributed by atoms with E-state index < -0.39 is 11.7 Å². The van der Waals surface area contributed by atoms with Crippen LogP contribution < -0.4 is 0 Å². The fourth-order valence-electron chi connectivity index (χ4n) is 2.63. The van der Waals surface area contributed by atoms with Gasteiger partial charge in [-0.25, -0.2) is 0 Å². The summed E-state index contributed by atoms with van der Waals surface area (Å²) in [5, 5.41) is 20.6. The fraction of sp³-hybridized carbons (Fsp3) is 0.846. The van der Waals surface area contributed by atoms with Crippen molar-refractivity contribution in [3.63, 3.8) is 0 Å². The van der Waals surface area contributed by atoms with Gasteiger partial charge in [-0.3, -0.25) is 0 Å². The summed E-state index contributed by atoms with van der Waals surface area (Å²) in [6, 6.07) is 0. The van der Waals surface area contributed by atoms with Crippen molar-refractivity contribution in [2.45, 2.75) is 58.2 Å². The lowest BCUT2D eigenvalue weighted by Gasteiger charge is -2.41. The molecule has 0 aromatic heterocycles. The molecule has 0 amide bonds. The maximum atomic E-state index is 10.5. The minimum Gasteiger partial charge on any atom is -0.392 e. The van der Waals surface area contributed by atoms with Crippen LogP contribution in [-0.4, -0.2) is 21.9 Å². The molecule has 2 heteroatoms. The van der Waals surface area contributed by atoms with E-state index >= 15 is 0 Å². The number of hydrogen-bond donors (Lipinski definition) is 2. The number of rotatable bonds is 3. The summed E-state index contributed by atoms with van der Waals surface area (Å²) in [5.74, 6) is 0.215. The molecule has 2 nitrogen and oxygen atoms in total. The van der Waals surface area contributed by atoms with Crippen LogP contribution in [0, 0.1) is 11.8 Å². The van der Waals surface area contributed by atoms with Crippen molar-refractivity contribution in [1.29, 1.82) is 0 Å². The molecule has 1 fully saturated rings. The van der Waals surface area contributed by atoms with Gasteiger partial charge in [0.2, 0.25) is 0 Å². The Bertz CT molecular complexity index is 223. The largest absolute Gasteiger partial charge is 0.392 e. The summed E-state index contributed by atoms with van der Waals surface area (Å²) < 4.78 is 0. The highest BCUT2D eigenvalue weighted by molar-refractivity contribution is 5.07. The zero-order valence-electron chi connectivity index (χ0n) is 10.1. The number of aliphatic hydroxyl groups is 2. The van der Waals surface area contributed by atoms with Crippen LogP contribution in [0.5, 0.6) is 0 Å². The number of aliphatic hydroxyl groups excluding tert-OH is 1. The Morgan fingerprint density at radius 3 is 2.53 bits per heavy atom. The molecule has 2 N–H and O–H groups in total. The minimum absolute atomic E-state index is 0.00227. The van der Waals surface area contributed by atoms with Crippen molar-refractivity contribution in [2.75, 3.05) is 0 Å². The fourth-order valence-corrected chi connectivity index (χ4v) is 2.63. The summed E-state index contributed by atoms with van der Waals surface area (Å²) in [7, 11) is 0. The normalized spacial score (nSPS) is 34.9. The Hall–Kier alpha value is -0.340. The summed E-state index contributed by atoms with van der Waals surface area (Å²) in [5.41, 5.74) is -0.781. The van der Waals surface area contributed by atoms with Gasteiger partial charge in [0, 0.05) is 5.92 Å². The van der Waals surface area contributed by atoms with E-state index in [1.54, 1.807) is 0 Å². The van der Waals surface area contributed by atoms with Crippen molar-refractivity contribution in [3.8, 4) is 0 Å². The van der Waals surface area contributed by atoms with Crippen LogP contribution in [0.2, 0.25) is 0 Å². The van der Waals surface area contributed by atoms with Crippen molar-refractivity contribution >= 4 is 0 Å². The molecule has 0 spiro atoms. The highest BCUT2D eigenvalue weighted by atomic mass is 16.3. The van der Waals surface area contributed by atoms with Gasteiger partial charge in [0.1, 0.15) is 0 Å². The summed E-state index contributed by atoms with van der Waals surface area (Å²) in [4.78, 5) is 0. The topological polar surface area (TPSA) is 40.5 Å². The molecule has 1 aliphatic carbocycles.